The summed E-state index contributed by atoms with van der Waals surface area (Å²) in [6, 6.07) is 3.34. The minimum Gasteiger partial charge on any atom is -0.465 e. The normalized spacial score (nSPS) is 10.8. The van der Waals surface area contributed by atoms with E-state index in [4.69, 9.17) is 11.6 Å². The number of hydrogen-bond acceptors (Lipinski definition) is 3. The molecular weight excluding hydrogens is 228 g/mol. The third-order valence-corrected chi connectivity index (χ3v) is 2.79. The highest BCUT2D eigenvalue weighted by Gasteiger charge is 2.14. The summed E-state index contributed by atoms with van der Waals surface area (Å²) in [5.74, 6) is -0.396. The molecule has 5 heteroatoms. The van der Waals surface area contributed by atoms with Crippen LogP contribution in [0.3, 0.4) is 0 Å². The molecule has 0 aliphatic rings. The van der Waals surface area contributed by atoms with Gasteiger partial charge in [0.15, 0.2) is 0 Å². The Labute approximate surface area is 97.8 Å². The highest BCUT2D eigenvalue weighted by Crippen LogP contribution is 2.27. The maximum Gasteiger partial charge on any atom is 0.337 e. The number of aryl methyl sites for hydroxylation is 2. The molecule has 0 aliphatic carbocycles. The van der Waals surface area contributed by atoms with E-state index in [9.17, 15) is 4.79 Å². The largest absolute Gasteiger partial charge is 0.465 e. The molecule has 0 atom stereocenters. The molecule has 0 saturated heterocycles. The third-order valence-electron chi connectivity index (χ3n) is 2.50. The average molecular weight is 239 g/mol. The molecule has 0 N–H and O–H groups in total. The van der Waals surface area contributed by atoms with Crippen LogP contribution in [-0.4, -0.2) is 22.9 Å². The number of carbonyl (C=O) groups excluding carboxylic acids is 1. The van der Waals surface area contributed by atoms with Gasteiger partial charge in [0, 0.05) is 12.4 Å². The van der Waals surface area contributed by atoms with Crippen LogP contribution in [0.5, 0.6) is 0 Å². The van der Waals surface area contributed by atoms with E-state index in [-0.39, 0.29) is 0 Å². The van der Waals surface area contributed by atoms with Crippen LogP contribution in [0.4, 0.5) is 0 Å². The van der Waals surface area contributed by atoms with E-state index >= 15 is 0 Å². The second-order valence-electron chi connectivity index (χ2n) is 3.55. The van der Waals surface area contributed by atoms with E-state index in [1.807, 2.05) is 14.0 Å². The van der Waals surface area contributed by atoms with Crippen LogP contribution in [0, 0.1) is 6.92 Å². The Balaban J connectivity index is 2.76. The SMILES string of the molecule is COC(=O)c1cc(Cl)c2c(c1)c(C)nn2C. The molecule has 1 aromatic carbocycles. The van der Waals surface area contributed by atoms with Crippen LogP contribution in [0.25, 0.3) is 10.9 Å². The Kier molecular flexibility index (Phi) is 2.59. The topological polar surface area (TPSA) is 44.1 Å². The van der Waals surface area contributed by atoms with Crippen molar-refractivity contribution in [3.05, 3.63) is 28.4 Å². The summed E-state index contributed by atoms with van der Waals surface area (Å²) < 4.78 is 6.36. The number of halogens is 1. The van der Waals surface area contributed by atoms with Gasteiger partial charge in [-0.1, -0.05) is 11.6 Å². The summed E-state index contributed by atoms with van der Waals surface area (Å²) in [6.45, 7) is 1.87. The van der Waals surface area contributed by atoms with Crippen LogP contribution in [0.2, 0.25) is 5.02 Å². The van der Waals surface area contributed by atoms with Crippen molar-refractivity contribution in [1.82, 2.24) is 9.78 Å². The number of carbonyl (C=O) groups is 1. The number of hydrogen-bond donors (Lipinski definition) is 0. The summed E-state index contributed by atoms with van der Waals surface area (Å²) in [5, 5.41) is 5.63. The zero-order chi connectivity index (χ0) is 11.9. The van der Waals surface area contributed by atoms with Gasteiger partial charge in [0.1, 0.15) is 0 Å². The first kappa shape index (κ1) is 11.0. The van der Waals surface area contributed by atoms with Crippen molar-refractivity contribution in [2.75, 3.05) is 7.11 Å². The monoisotopic (exact) mass is 238 g/mol. The molecule has 1 heterocycles. The maximum absolute atomic E-state index is 11.4. The Morgan fingerprint density at radius 1 is 1.50 bits per heavy atom. The van der Waals surface area contributed by atoms with Gasteiger partial charge in [0.25, 0.3) is 0 Å². The van der Waals surface area contributed by atoms with Gasteiger partial charge in [-0.25, -0.2) is 4.79 Å². The van der Waals surface area contributed by atoms with Crippen molar-refractivity contribution in [3.8, 4) is 0 Å². The van der Waals surface area contributed by atoms with Crippen LogP contribution < -0.4 is 0 Å². The molecule has 4 nitrogen and oxygen atoms in total. The number of nitrogens with zero attached hydrogens (tertiary/aromatic N) is 2. The molecule has 0 aliphatic heterocycles. The van der Waals surface area contributed by atoms with Crippen LogP contribution in [-0.2, 0) is 11.8 Å². The Hall–Kier alpha value is -1.55. The van der Waals surface area contributed by atoms with Crippen molar-refractivity contribution < 1.29 is 9.53 Å². The molecule has 0 saturated carbocycles. The molecule has 0 amide bonds. The quantitative estimate of drug-likeness (QED) is 0.717. The molecule has 16 heavy (non-hydrogen) atoms. The fourth-order valence-corrected chi connectivity index (χ4v) is 2.11. The summed E-state index contributed by atoms with van der Waals surface area (Å²) >= 11 is 6.11. The van der Waals surface area contributed by atoms with Crippen LogP contribution in [0.15, 0.2) is 12.1 Å². The lowest BCUT2D eigenvalue weighted by molar-refractivity contribution is 0.0601. The first-order valence-electron chi connectivity index (χ1n) is 4.75. The van der Waals surface area contributed by atoms with E-state index in [0.29, 0.717) is 10.6 Å². The first-order valence-corrected chi connectivity index (χ1v) is 5.13. The zero-order valence-electron chi connectivity index (χ0n) is 9.24. The first-order chi connectivity index (χ1) is 7.54. The number of rotatable bonds is 1. The van der Waals surface area contributed by atoms with E-state index < -0.39 is 5.97 Å². The number of ether oxygens (including phenoxy) is 1. The van der Waals surface area contributed by atoms with Crippen LogP contribution in [0.1, 0.15) is 16.1 Å². The van der Waals surface area contributed by atoms with E-state index in [1.165, 1.54) is 7.11 Å². The lowest BCUT2D eigenvalue weighted by atomic mass is 10.1. The highest BCUT2D eigenvalue weighted by atomic mass is 35.5. The fraction of sp³-hybridized carbons (Fsp3) is 0.273. The number of methoxy groups -OCH3 is 1. The predicted molar refractivity (Wildman–Crippen MR) is 61.8 cm³/mol. The predicted octanol–water partition coefficient (Wildman–Crippen LogP) is 2.32. The Morgan fingerprint density at radius 2 is 2.19 bits per heavy atom. The van der Waals surface area contributed by atoms with Gasteiger partial charge in [0.2, 0.25) is 0 Å². The van der Waals surface area contributed by atoms with E-state index in [0.717, 1.165) is 16.6 Å². The summed E-state index contributed by atoms with van der Waals surface area (Å²) in [5.41, 5.74) is 2.10. The molecule has 84 valence electrons. The highest BCUT2D eigenvalue weighted by molar-refractivity contribution is 6.35. The molecule has 0 fully saturated rings. The van der Waals surface area contributed by atoms with Gasteiger partial charge in [-0.05, 0) is 19.1 Å². The molecule has 0 radical (unpaired) electrons. The van der Waals surface area contributed by atoms with Gasteiger partial charge >= 0.3 is 5.97 Å². The standard InChI is InChI=1S/C11H11ClN2O2/c1-6-8-4-7(11(15)16-3)5-9(12)10(8)14(2)13-6/h4-5H,1-3H3. The molecule has 0 unspecified atom stereocenters. The van der Waals surface area contributed by atoms with Crippen molar-refractivity contribution in [2.45, 2.75) is 6.92 Å². The number of aromatic nitrogens is 2. The van der Waals surface area contributed by atoms with Gasteiger partial charge in [-0.15, -0.1) is 0 Å². The minimum absolute atomic E-state index is 0.396. The second kappa shape index (κ2) is 3.79. The number of fused-ring (bicyclic) bond motifs is 1. The van der Waals surface area contributed by atoms with Crippen molar-refractivity contribution >= 4 is 28.5 Å². The van der Waals surface area contributed by atoms with Gasteiger partial charge in [-0.2, -0.15) is 5.10 Å². The minimum atomic E-state index is -0.396. The zero-order valence-corrected chi connectivity index (χ0v) is 10.00. The maximum atomic E-state index is 11.4. The van der Waals surface area contributed by atoms with E-state index in [2.05, 4.69) is 9.84 Å². The number of benzene rings is 1. The lowest BCUT2D eigenvalue weighted by Crippen LogP contribution is -2.01. The van der Waals surface area contributed by atoms with Crippen molar-refractivity contribution in [1.29, 1.82) is 0 Å². The molecule has 0 spiro atoms. The van der Waals surface area contributed by atoms with Gasteiger partial charge in [-0.3, -0.25) is 4.68 Å². The van der Waals surface area contributed by atoms with Gasteiger partial charge < -0.3 is 4.74 Å². The van der Waals surface area contributed by atoms with Crippen LogP contribution >= 0.6 is 11.6 Å². The molecule has 2 aromatic rings. The smallest absolute Gasteiger partial charge is 0.337 e. The van der Waals surface area contributed by atoms with Gasteiger partial charge in [0.05, 0.1) is 28.9 Å². The fourth-order valence-electron chi connectivity index (χ4n) is 1.77. The molecule has 2 rings (SSSR count). The summed E-state index contributed by atoms with van der Waals surface area (Å²) in [4.78, 5) is 11.4. The molecule has 0 bridgehead atoms. The van der Waals surface area contributed by atoms with Crippen molar-refractivity contribution in [2.24, 2.45) is 7.05 Å². The second-order valence-corrected chi connectivity index (χ2v) is 3.96. The van der Waals surface area contributed by atoms with Crippen molar-refractivity contribution in [3.63, 3.8) is 0 Å². The molecular formula is C11H11ClN2O2. The summed E-state index contributed by atoms with van der Waals surface area (Å²) in [7, 11) is 3.16. The average Bonchev–Trinajstić information content (AvgIpc) is 2.53. The third kappa shape index (κ3) is 1.55. The number of esters is 1. The Bertz CT molecular complexity index is 575. The lowest BCUT2D eigenvalue weighted by Gasteiger charge is -2.02. The Morgan fingerprint density at radius 3 is 2.81 bits per heavy atom. The van der Waals surface area contributed by atoms with E-state index in [1.54, 1.807) is 16.8 Å². The summed E-state index contributed by atoms with van der Waals surface area (Å²) in [6.07, 6.45) is 0. The molecule has 1 aromatic heterocycles.